The molecule has 0 spiro atoms. The summed E-state index contributed by atoms with van der Waals surface area (Å²) in [7, 11) is 0. The van der Waals surface area contributed by atoms with Gasteiger partial charge < -0.3 is 5.32 Å². The fourth-order valence-electron chi connectivity index (χ4n) is 1.08. The van der Waals surface area contributed by atoms with Crippen LogP contribution in [0.2, 0.25) is 0 Å². The number of fused-ring (bicyclic) bond motifs is 1. The molecule has 0 atom stereocenters. The van der Waals surface area contributed by atoms with Gasteiger partial charge in [0, 0.05) is 0 Å². The van der Waals surface area contributed by atoms with E-state index in [2.05, 4.69) is 10.3 Å². The highest BCUT2D eigenvalue weighted by Crippen LogP contribution is 2.34. The molecule has 0 bridgehead atoms. The van der Waals surface area contributed by atoms with Crippen molar-refractivity contribution in [2.75, 3.05) is 5.32 Å². The monoisotopic (exact) mass is 218 g/mol. The highest BCUT2D eigenvalue weighted by molar-refractivity contribution is 6.57. The first kappa shape index (κ1) is 8.78. The van der Waals surface area contributed by atoms with E-state index >= 15 is 0 Å². The molecule has 68 valence electrons. The average molecular weight is 219 g/mol. The number of nitrogens with one attached hydrogen (secondary N) is 1. The molecule has 0 unspecified atom stereocenters. The van der Waals surface area contributed by atoms with Gasteiger partial charge in [0.15, 0.2) is 0 Å². The summed E-state index contributed by atoms with van der Waals surface area (Å²) >= 11 is 11.5. The molecule has 0 saturated heterocycles. The standard InChI is InChI=1S/C8H5Cl2FN2/c9-8(10)4-12-6-2-1-5(11)3-7(6)13-8/h1-4,13H. The van der Waals surface area contributed by atoms with Crippen LogP contribution < -0.4 is 5.32 Å². The van der Waals surface area contributed by atoms with Crippen LogP contribution in [0.25, 0.3) is 0 Å². The Morgan fingerprint density at radius 1 is 1.38 bits per heavy atom. The van der Waals surface area contributed by atoms with Crippen LogP contribution in [-0.2, 0) is 0 Å². The van der Waals surface area contributed by atoms with Crippen LogP contribution in [0, 0.1) is 5.82 Å². The molecule has 0 amide bonds. The number of hydrogen-bond acceptors (Lipinski definition) is 2. The minimum Gasteiger partial charge on any atom is -0.348 e. The molecule has 1 aliphatic heterocycles. The van der Waals surface area contributed by atoms with Gasteiger partial charge >= 0.3 is 0 Å². The summed E-state index contributed by atoms with van der Waals surface area (Å²) in [5, 5.41) is 2.72. The van der Waals surface area contributed by atoms with E-state index in [9.17, 15) is 4.39 Å². The van der Waals surface area contributed by atoms with Gasteiger partial charge in [-0.05, 0) is 18.2 Å². The number of alkyl halides is 2. The highest BCUT2D eigenvalue weighted by atomic mass is 35.5. The maximum atomic E-state index is 12.8. The number of benzene rings is 1. The van der Waals surface area contributed by atoms with E-state index in [-0.39, 0.29) is 5.82 Å². The number of hydrogen-bond donors (Lipinski definition) is 1. The van der Waals surface area contributed by atoms with Gasteiger partial charge in [0.1, 0.15) is 5.82 Å². The van der Waals surface area contributed by atoms with E-state index in [1.54, 1.807) is 6.07 Å². The first-order valence-electron chi connectivity index (χ1n) is 3.58. The van der Waals surface area contributed by atoms with Gasteiger partial charge in [-0.3, -0.25) is 4.99 Å². The summed E-state index contributed by atoms with van der Waals surface area (Å²) in [6, 6.07) is 4.18. The van der Waals surface area contributed by atoms with Crippen LogP contribution in [0.1, 0.15) is 0 Å². The van der Waals surface area contributed by atoms with Crippen molar-refractivity contribution >= 4 is 40.8 Å². The summed E-state index contributed by atoms with van der Waals surface area (Å²) in [6.45, 7) is 0. The molecule has 1 heterocycles. The van der Waals surface area contributed by atoms with Crippen molar-refractivity contribution in [1.29, 1.82) is 0 Å². The molecular weight excluding hydrogens is 214 g/mol. The van der Waals surface area contributed by atoms with Gasteiger partial charge in [-0.2, -0.15) is 0 Å². The lowest BCUT2D eigenvalue weighted by molar-refractivity contribution is 0.628. The summed E-state index contributed by atoms with van der Waals surface area (Å²) < 4.78 is 11.5. The predicted molar refractivity (Wildman–Crippen MR) is 52.6 cm³/mol. The Morgan fingerprint density at radius 2 is 2.15 bits per heavy atom. The maximum Gasteiger partial charge on any atom is 0.224 e. The molecule has 1 N–H and O–H groups in total. The van der Waals surface area contributed by atoms with Crippen molar-refractivity contribution in [3.05, 3.63) is 24.0 Å². The van der Waals surface area contributed by atoms with E-state index in [0.717, 1.165) is 0 Å². The van der Waals surface area contributed by atoms with E-state index in [1.165, 1.54) is 18.3 Å². The molecule has 1 aromatic carbocycles. The Balaban J connectivity index is 2.48. The first-order valence-corrected chi connectivity index (χ1v) is 4.33. The summed E-state index contributed by atoms with van der Waals surface area (Å²) in [5.41, 5.74) is 1.12. The van der Waals surface area contributed by atoms with Gasteiger partial charge in [-0.1, -0.05) is 23.2 Å². The fraction of sp³-hybridized carbons (Fsp3) is 0.125. The predicted octanol–water partition coefficient (Wildman–Crippen LogP) is 3.08. The minimum atomic E-state index is -1.25. The topological polar surface area (TPSA) is 24.4 Å². The van der Waals surface area contributed by atoms with Crippen molar-refractivity contribution in [2.45, 2.75) is 4.46 Å². The van der Waals surface area contributed by atoms with Gasteiger partial charge in [-0.25, -0.2) is 4.39 Å². The number of rotatable bonds is 0. The van der Waals surface area contributed by atoms with Crippen LogP contribution in [0.15, 0.2) is 23.2 Å². The molecule has 0 aliphatic carbocycles. The average Bonchev–Trinajstić information content (AvgIpc) is 2.01. The third-order valence-electron chi connectivity index (χ3n) is 1.63. The quantitative estimate of drug-likeness (QED) is 0.526. The summed E-state index contributed by atoms with van der Waals surface area (Å²) in [6.07, 6.45) is 1.36. The minimum absolute atomic E-state index is 0.354. The Kier molecular flexibility index (Phi) is 1.93. The fourth-order valence-corrected chi connectivity index (χ4v) is 1.38. The second kappa shape index (κ2) is 2.86. The smallest absolute Gasteiger partial charge is 0.224 e. The zero-order chi connectivity index (χ0) is 9.47. The van der Waals surface area contributed by atoms with Crippen LogP contribution in [0.5, 0.6) is 0 Å². The van der Waals surface area contributed by atoms with Gasteiger partial charge in [0.05, 0.1) is 17.6 Å². The van der Waals surface area contributed by atoms with E-state index in [4.69, 9.17) is 23.2 Å². The van der Waals surface area contributed by atoms with E-state index in [1.807, 2.05) is 0 Å². The SMILES string of the molecule is Fc1ccc2c(c1)NC(Cl)(Cl)C=N2. The molecule has 1 aliphatic rings. The molecule has 2 rings (SSSR count). The highest BCUT2D eigenvalue weighted by Gasteiger charge is 2.25. The van der Waals surface area contributed by atoms with E-state index in [0.29, 0.717) is 11.4 Å². The third-order valence-corrected chi connectivity index (χ3v) is 2.01. The molecule has 0 aromatic heterocycles. The normalized spacial score (nSPS) is 17.8. The lowest BCUT2D eigenvalue weighted by Gasteiger charge is -2.23. The number of anilines is 1. The Morgan fingerprint density at radius 3 is 2.92 bits per heavy atom. The summed E-state index contributed by atoms with van der Waals surface area (Å²) in [5.74, 6) is -0.354. The maximum absolute atomic E-state index is 12.8. The van der Waals surface area contributed by atoms with Crippen molar-refractivity contribution in [1.82, 2.24) is 0 Å². The number of nitrogens with zero attached hydrogens (tertiary/aromatic N) is 1. The van der Waals surface area contributed by atoms with Crippen molar-refractivity contribution in [3.8, 4) is 0 Å². The second-order valence-electron chi connectivity index (χ2n) is 2.67. The second-order valence-corrected chi connectivity index (χ2v) is 4.05. The van der Waals surface area contributed by atoms with Crippen molar-refractivity contribution in [3.63, 3.8) is 0 Å². The largest absolute Gasteiger partial charge is 0.348 e. The lowest BCUT2D eigenvalue weighted by atomic mass is 10.2. The Bertz CT molecular complexity index is 376. The van der Waals surface area contributed by atoms with Gasteiger partial charge in [0.25, 0.3) is 0 Å². The summed E-state index contributed by atoms with van der Waals surface area (Å²) in [4.78, 5) is 3.97. The van der Waals surface area contributed by atoms with E-state index < -0.39 is 4.46 Å². The number of aliphatic imine (C=N–C) groups is 1. The third kappa shape index (κ3) is 1.76. The zero-order valence-electron chi connectivity index (χ0n) is 6.39. The lowest BCUT2D eigenvalue weighted by Crippen LogP contribution is -2.28. The zero-order valence-corrected chi connectivity index (χ0v) is 7.90. The first-order chi connectivity index (χ1) is 6.07. The molecule has 2 nitrogen and oxygen atoms in total. The van der Waals surface area contributed by atoms with Crippen molar-refractivity contribution < 1.29 is 4.39 Å². The molecular formula is C8H5Cl2FN2. The van der Waals surface area contributed by atoms with Gasteiger partial charge in [0.2, 0.25) is 4.46 Å². The molecule has 0 saturated carbocycles. The Labute approximate surface area is 84.4 Å². The van der Waals surface area contributed by atoms with Crippen LogP contribution in [-0.4, -0.2) is 10.7 Å². The van der Waals surface area contributed by atoms with Crippen molar-refractivity contribution in [2.24, 2.45) is 4.99 Å². The van der Waals surface area contributed by atoms with Crippen LogP contribution in [0.3, 0.4) is 0 Å². The number of halogens is 3. The Hall–Kier alpha value is -0.800. The molecule has 1 aromatic rings. The van der Waals surface area contributed by atoms with Crippen LogP contribution in [0.4, 0.5) is 15.8 Å². The van der Waals surface area contributed by atoms with Gasteiger partial charge in [-0.15, -0.1) is 0 Å². The molecule has 5 heteroatoms. The van der Waals surface area contributed by atoms with Crippen LogP contribution >= 0.6 is 23.2 Å². The molecule has 0 radical (unpaired) electrons. The molecule has 0 fully saturated rings. The molecule has 13 heavy (non-hydrogen) atoms.